The summed E-state index contributed by atoms with van der Waals surface area (Å²) in [5, 5.41) is 4.29. The highest BCUT2D eigenvalue weighted by atomic mass is 32.1. The molecule has 0 aliphatic carbocycles. The summed E-state index contributed by atoms with van der Waals surface area (Å²) in [5.74, 6) is 0.922. The first-order chi connectivity index (χ1) is 11.0. The van der Waals surface area contributed by atoms with Crippen molar-refractivity contribution in [2.24, 2.45) is 5.10 Å². The number of aryl methyl sites for hydroxylation is 1. The second-order valence-corrected chi connectivity index (χ2v) is 5.54. The van der Waals surface area contributed by atoms with E-state index < -0.39 is 0 Å². The molecule has 0 saturated carbocycles. The Morgan fingerprint density at radius 2 is 2.26 bits per heavy atom. The summed E-state index contributed by atoms with van der Waals surface area (Å²) in [6.45, 7) is 4.18. The number of aromatic nitrogens is 1. The van der Waals surface area contributed by atoms with Crippen molar-refractivity contribution < 1.29 is 14.3 Å². The predicted octanol–water partition coefficient (Wildman–Crippen LogP) is 2.20. The summed E-state index contributed by atoms with van der Waals surface area (Å²) in [4.78, 5) is 16.4. The number of benzene rings is 1. The Morgan fingerprint density at radius 1 is 1.48 bits per heavy atom. The Kier molecular flexibility index (Phi) is 5.53. The fraction of sp³-hybridized carbons (Fsp3) is 0.267. The van der Waals surface area contributed by atoms with E-state index in [1.165, 1.54) is 6.21 Å². The summed E-state index contributed by atoms with van der Waals surface area (Å²) >= 11 is 1.13. The Bertz CT molecular complexity index is 728. The summed E-state index contributed by atoms with van der Waals surface area (Å²) < 4.78 is 10.7. The van der Waals surface area contributed by atoms with Gasteiger partial charge in [-0.05, 0) is 37.6 Å². The normalized spacial score (nSPS) is 10.7. The van der Waals surface area contributed by atoms with Crippen molar-refractivity contribution in [3.63, 3.8) is 0 Å². The molecule has 0 atom stereocenters. The fourth-order valence-electron chi connectivity index (χ4n) is 1.88. The zero-order valence-electron chi connectivity index (χ0n) is 13.1. The molecule has 1 amide bonds. The van der Waals surface area contributed by atoms with E-state index in [2.05, 4.69) is 15.5 Å². The number of hydrogen-bond acceptors (Lipinski definition) is 7. The molecule has 0 fully saturated rings. The highest BCUT2D eigenvalue weighted by molar-refractivity contribution is 7.17. The highest BCUT2D eigenvalue weighted by Crippen LogP contribution is 2.27. The van der Waals surface area contributed by atoms with Crippen LogP contribution in [0.5, 0.6) is 11.5 Å². The van der Waals surface area contributed by atoms with Crippen molar-refractivity contribution >= 4 is 28.6 Å². The van der Waals surface area contributed by atoms with Gasteiger partial charge in [0.15, 0.2) is 16.6 Å². The monoisotopic (exact) mass is 334 g/mol. The van der Waals surface area contributed by atoms with Crippen molar-refractivity contribution in [3.05, 3.63) is 34.3 Å². The number of amides is 1. The zero-order chi connectivity index (χ0) is 16.8. The topological polar surface area (TPSA) is 98.8 Å². The van der Waals surface area contributed by atoms with E-state index in [0.29, 0.717) is 33.8 Å². The second-order valence-electron chi connectivity index (χ2n) is 4.51. The van der Waals surface area contributed by atoms with Crippen LogP contribution in [-0.4, -0.2) is 30.8 Å². The maximum atomic E-state index is 12.0. The van der Waals surface area contributed by atoms with Crippen LogP contribution in [0.3, 0.4) is 0 Å². The van der Waals surface area contributed by atoms with E-state index in [1.54, 1.807) is 26.2 Å². The van der Waals surface area contributed by atoms with Crippen LogP contribution in [0.15, 0.2) is 23.3 Å². The number of carbonyl (C=O) groups excluding carboxylic acids is 1. The molecule has 0 aliphatic rings. The lowest BCUT2D eigenvalue weighted by Crippen LogP contribution is -2.17. The number of ether oxygens (including phenoxy) is 2. The minimum atomic E-state index is -0.342. The zero-order valence-corrected chi connectivity index (χ0v) is 13.9. The van der Waals surface area contributed by atoms with E-state index in [9.17, 15) is 4.79 Å². The van der Waals surface area contributed by atoms with E-state index in [0.717, 1.165) is 16.9 Å². The first-order valence-electron chi connectivity index (χ1n) is 6.92. The van der Waals surface area contributed by atoms with Gasteiger partial charge in [-0.25, -0.2) is 10.4 Å². The van der Waals surface area contributed by atoms with Crippen LogP contribution in [0.25, 0.3) is 0 Å². The Balaban J connectivity index is 2.05. The maximum absolute atomic E-state index is 12.0. The van der Waals surface area contributed by atoms with Crippen LogP contribution < -0.4 is 20.6 Å². The lowest BCUT2D eigenvalue weighted by molar-refractivity contribution is 0.0958. The lowest BCUT2D eigenvalue weighted by atomic mass is 10.2. The van der Waals surface area contributed by atoms with Gasteiger partial charge in [-0.15, -0.1) is 0 Å². The van der Waals surface area contributed by atoms with Gasteiger partial charge in [0.2, 0.25) is 0 Å². The van der Waals surface area contributed by atoms with Gasteiger partial charge < -0.3 is 15.2 Å². The fourth-order valence-corrected chi connectivity index (χ4v) is 2.61. The lowest BCUT2D eigenvalue weighted by Gasteiger charge is -2.09. The standard InChI is InChI=1S/C15H18N4O3S/c1-4-22-11-6-5-10(7-12(11)21-3)8-17-19-14(20)13-9(2)18-15(16)23-13/h5-8H,4H2,1-3H3,(H2,16,18)(H,19,20)/b17-8-. The molecular formula is C15H18N4O3S. The molecule has 2 rings (SSSR count). The van der Waals surface area contributed by atoms with Gasteiger partial charge in [-0.2, -0.15) is 5.10 Å². The number of nitrogen functional groups attached to an aromatic ring is 1. The van der Waals surface area contributed by atoms with Crippen molar-refractivity contribution in [1.29, 1.82) is 0 Å². The van der Waals surface area contributed by atoms with Crippen LogP contribution in [-0.2, 0) is 0 Å². The van der Waals surface area contributed by atoms with Crippen molar-refractivity contribution in [2.75, 3.05) is 19.5 Å². The maximum Gasteiger partial charge on any atom is 0.283 e. The van der Waals surface area contributed by atoms with Gasteiger partial charge in [-0.1, -0.05) is 11.3 Å². The number of nitrogens with one attached hydrogen (secondary N) is 1. The first-order valence-corrected chi connectivity index (χ1v) is 7.74. The number of nitrogens with two attached hydrogens (primary N) is 1. The minimum absolute atomic E-state index is 0.342. The SMILES string of the molecule is CCOc1ccc(/C=N\NC(=O)c2sc(N)nc2C)cc1OC. The van der Waals surface area contributed by atoms with Crippen molar-refractivity contribution in [2.45, 2.75) is 13.8 Å². The molecule has 23 heavy (non-hydrogen) atoms. The van der Waals surface area contributed by atoms with E-state index >= 15 is 0 Å². The molecule has 7 nitrogen and oxygen atoms in total. The molecule has 122 valence electrons. The molecule has 0 bridgehead atoms. The van der Waals surface area contributed by atoms with Gasteiger partial charge in [-0.3, -0.25) is 4.79 Å². The minimum Gasteiger partial charge on any atom is -0.493 e. The molecule has 0 radical (unpaired) electrons. The highest BCUT2D eigenvalue weighted by Gasteiger charge is 2.13. The second kappa shape index (κ2) is 7.59. The number of anilines is 1. The third-order valence-electron chi connectivity index (χ3n) is 2.89. The van der Waals surface area contributed by atoms with E-state index in [1.807, 2.05) is 13.0 Å². The quantitative estimate of drug-likeness (QED) is 0.623. The smallest absolute Gasteiger partial charge is 0.283 e. The van der Waals surface area contributed by atoms with Crippen LogP contribution in [0.1, 0.15) is 27.9 Å². The molecule has 1 heterocycles. The molecule has 1 aromatic carbocycles. The summed E-state index contributed by atoms with van der Waals surface area (Å²) in [5.41, 5.74) is 9.38. The van der Waals surface area contributed by atoms with Gasteiger partial charge in [0.25, 0.3) is 5.91 Å². The van der Waals surface area contributed by atoms with Crippen LogP contribution >= 0.6 is 11.3 Å². The van der Waals surface area contributed by atoms with Crippen LogP contribution in [0.4, 0.5) is 5.13 Å². The Morgan fingerprint density at radius 3 is 2.87 bits per heavy atom. The van der Waals surface area contributed by atoms with Crippen LogP contribution in [0, 0.1) is 6.92 Å². The number of nitrogens with zero attached hydrogens (tertiary/aromatic N) is 2. The number of rotatable bonds is 6. The molecule has 0 spiro atoms. The molecule has 1 aromatic heterocycles. The largest absolute Gasteiger partial charge is 0.493 e. The van der Waals surface area contributed by atoms with Crippen molar-refractivity contribution in [3.8, 4) is 11.5 Å². The molecule has 0 unspecified atom stereocenters. The third-order valence-corrected chi connectivity index (χ3v) is 3.87. The number of thiazole rings is 1. The van der Waals surface area contributed by atoms with Gasteiger partial charge in [0, 0.05) is 0 Å². The van der Waals surface area contributed by atoms with Crippen LogP contribution in [0.2, 0.25) is 0 Å². The predicted molar refractivity (Wildman–Crippen MR) is 90.5 cm³/mol. The van der Waals surface area contributed by atoms with Gasteiger partial charge in [0.05, 0.1) is 25.6 Å². The summed E-state index contributed by atoms with van der Waals surface area (Å²) in [7, 11) is 1.57. The molecular weight excluding hydrogens is 316 g/mol. The molecule has 0 aliphatic heterocycles. The van der Waals surface area contributed by atoms with E-state index in [4.69, 9.17) is 15.2 Å². The summed E-state index contributed by atoms with van der Waals surface area (Å²) in [6.07, 6.45) is 1.52. The number of carbonyl (C=O) groups is 1. The third kappa shape index (κ3) is 4.19. The Hall–Kier alpha value is -2.61. The number of hydrazone groups is 1. The van der Waals surface area contributed by atoms with Gasteiger partial charge in [0.1, 0.15) is 4.88 Å². The molecule has 8 heteroatoms. The van der Waals surface area contributed by atoms with E-state index in [-0.39, 0.29) is 5.91 Å². The average Bonchev–Trinajstić information content (AvgIpc) is 2.87. The number of methoxy groups -OCH3 is 1. The summed E-state index contributed by atoms with van der Waals surface area (Å²) in [6, 6.07) is 5.38. The number of hydrogen-bond donors (Lipinski definition) is 2. The average molecular weight is 334 g/mol. The Labute approximate surface area is 138 Å². The molecule has 2 aromatic rings. The first kappa shape index (κ1) is 16.8. The van der Waals surface area contributed by atoms with Gasteiger partial charge >= 0.3 is 0 Å². The molecule has 3 N–H and O–H groups in total. The molecule has 0 saturated heterocycles. The van der Waals surface area contributed by atoms with Crippen molar-refractivity contribution in [1.82, 2.24) is 10.4 Å².